The smallest absolute Gasteiger partial charge is 0.318 e. The number of carbonyl (C=O) groups is 1. The molecular formula is C17H19N5OS. The summed E-state index contributed by atoms with van der Waals surface area (Å²) in [6, 6.07) is 9.61. The summed E-state index contributed by atoms with van der Waals surface area (Å²) in [6.07, 6.45) is 1.65. The van der Waals surface area contributed by atoms with E-state index in [9.17, 15) is 4.79 Å². The zero-order valence-electron chi connectivity index (χ0n) is 13.5. The number of anilines is 1. The Morgan fingerprint density at radius 1 is 1.38 bits per heavy atom. The van der Waals surface area contributed by atoms with E-state index in [2.05, 4.69) is 21.3 Å². The van der Waals surface area contributed by atoms with Crippen molar-refractivity contribution in [1.29, 1.82) is 5.26 Å². The fraction of sp³-hybridized carbons (Fsp3) is 0.353. The lowest BCUT2D eigenvalue weighted by molar-refractivity contribution is 0.191. The second-order valence-corrected chi connectivity index (χ2v) is 6.65. The maximum Gasteiger partial charge on any atom is 0.318 e. The maximum absolute atomic E-state index is 12.4. The van der Waals surface area contributed by atoms with Crippen molar-refractivity contribution < 1.29 is 4.79 Å². The Kier molecular flexibility index (Phi) is 4.96. The predicted octanol–water partition coefficient (Wildman–Crippen LogP) is 2.61. The van der Waals surface area contributed by atoms with Crippen LogP contribution >= 0.6 is 11.3 Å². The summed E-state index contributed by atoms with van der Waals surface area (Å²) >= 11 is 1.64. The van der Waals surface area contributed by atoms with Crippen molar-refractivity contribution in [3.8, 4) is 6.07 Å². The van der Waals surface area contributed by atoms with Crippen LogP contribution in [0.3, 0.4) is 0 Å². The van der Waals surface area contributed by atoms with Crippen molar-refractivity contribution >= 4 is 23.2 Å². The highest BCUT2D eigenvalue weighted by atomic mass is 32.1. The van der Waals surface area contributed by atoms with E-state index in [0.29, 0.717) is 31.7 Å². The lowest BCUT2D eigenvalue weighted by Crippen LogP contribution is -2.52. The number of carbonyl (C=O) groups excluding carboxylic acids is 1. The summed E-state index contributed by atoms with van der Waals surface area (Å²) in [4.78, 5) is 21.8. The minimum Gasteiger partial charge on any atom is -0.353 e. The minimum absolute atomic E-state index is 0.0181. The van der Waals surface area contributed by atoms with E-state index in [1.807, 2.05) is 29.3 Å². The van der Waals surface area contributed by atoms with Crippen molar-refractivity contribution in [2.45, 2.75) is 13.0 Å². The van der Waals surface area contributed by atoms with E-state index in [0.717, 1.165) is 10.7 Å². The average molecular weight is 341 g/mol. The third kappa shape index (κ3) is 3.66. The fourth-order valence-corrected chi connectivity index (χ4v) is 3.42. The zero-order chi connectivity index (χ0) is 16.9. The Morgan fingerprint density at radius 2 is 2.17 bits per heavy atom. The number of nitrogens with one attached hydrogen (secondary N) is 1. The number of amides is 2. The standard InChI is InChI=1S/C17H19N5OS/c1-13(15-3-2-10-24-15)20-17(23)22-8-6-21(7-9-22)16-11-14(12-18)4-5-19-16/h2-5,10-11,13H,6-9H2,1H3,(H,20,23)/t13-/m1/s1. The number of rotatable bonds is 3. The topological polar surface area (TPSA) is 72.3 Å². The number of nitriles is 1. The molecule has 7 heteroatoms. The first-order chi connectivity index (χ1) is 11.7. The lowest BCUT2D eigenvalue weighted by atomic mass is 10.2. The van der Waals surface area contributed by atoms with Gasteiger partial charge in [-0.1, -0.05) is 6.07 Å². The van der Waals surface area contributed by atoms with Crippen molar-refractivity contribution in [1.82, 2.24) is 15.2 Å². The van der Waals surface area contributed by atoms with Crippen LogP contribution in [0.4, 0.5) is 10.6 Å². The monoisotopic (exact) mass is 341 g/mol. The van der Waals surface area contributed by atoms with Crippen LogP contribution in [0.1, 0.15) is 23.4 Å². The van der Waals surface area contributed by atoms with Gasteiger partial charge in [0, 0.05) is 37.3 Å². The molecule has 24 heavy (non-hydrogen) atoms. The number of aromatic nitrogens is 1. The molecule has 0 unspecified atom stereocenters. The molecule has 3 heterocycles. The van der Waals surface area contributed by atoms with Gasteiger partial charge in [0.05, 0.1) is 17.7 Å². The van der Waals surface area contributed by atoms with Gasteiger partial charge < -0.3 is 15.1 Å². The Labute approximate surface area is 145 Å². The van der Waals surface area contributed by atoms with Crippen molar-refractivity contribution in [2.75, 3.05) is 31.1 Å². The van der Waals surface area contributed by atoms with Crippen LogP contribution in [-0.2, 0) is 0 Å². The highest BCUT2D eigenvalue weighted by Crippen LogP contribution is 2.19. The fourth-order valence-electron chi connectivity index (χ4n) is 2.68. The molecule has 0 radical (unpaired) electrons. The zero-order valence-corrected chi connectivity index (χ0v) is 14.3. The van der Waals surface area contributed by atoms with E-state index in [-0.39, 0.29) is 12.1 Å². The summed E-state index contributed by atoms with van der Waals surface area (Å²) in [7, 11) is 0. The van der Waals surface area contributed by atoms with Crippen LogP contribution in [0, 0.1) is 11.3 Å². The van der Waals surface area contributed by atoms with Gasteiger partial charge in [-0.3, -0.25) is 0 Å². The maximum atomic E-state index is 12.4. The van der Waals surface area contributed by atoms with Crippen molar-refractivity contribution in [3.05, 3.63) is 46.3 Å². The third-order valence-electron chi connectivity index (χ3n) is 4.08. The second kappa shape index (κ2) is 7.32. The average Bonchev–Trinajstić information content (AvgIpc) is 3.16. The molecule has 0 spiro atoms. The van der Waals surface area contributed by atoms with Crippen molar-refractivity contribution in [3.63, 3.8) is 0 Å². The summed E-state index contributed by atoms with van der Waals surface area (Å²) in [5.74, 6) is 0.793. The molecule has 3 rings (SSSR count). The van der Waals surface area contributed by atoms with E-state index < -0.39 is 0 Å². The largest absolute Gasteiger partial charge is 0.353 e. The van der Waals surface area contributed by atoms with E-state index in [1.54, 1.807) is 29.7 Å². The third-order valence-corrected chi connectivity index (χ3v) is 5.13. The highest BCUT2D eigenvalue weighted by molar-refractivity contribution is 7.10. The first kappa shape index (κ1) is 16.3. The van der Waals surface area contributed by atoms with Gasteiger partial charge in [0.1, 0.15) is 5.82 Å². The van der Waals surface area contributed by atoms with Gasteiger partial charge in [-0.25, -0.2) is 9.78 Å². The summed E-state index contributed by atoms with van der Waals surface area (Å²) in [5.41, 5.74) is 0.602. The quantitative estimate of drug-likeness (QED) is 0.931. The molecule has 1 aliphatic heterocycles. The summed E-state index contributed by atoms with van der Waals surface area (Å²) in [6.45, 7) is 4.70. The molecule has 2 aromatic rings. The van der Waals surface area contributed by atoms with Crippen LogP contribution in [0.2, 0.25) is 0 Å². The van der Waals surface area contributed by atoms with Gasteiger partial charge >= 0.3 is 6.03 Å². The van der Waals surface area contributed by atoms with Crippen molar-refractivity contribution in [2.24, 2.45) is 0 Å². The summed E-state index contributed by atoms with van der Waals surface area (Å²) in [5, 5.41) is 14.0. The number of urea groups is 1. The Morgan fingerprint density at radius 3 is 2.83 bits per heavy atom. The second-order valence-electron chi connectivity index (χ2n) is 5.68. The number of nitrogens with zero attached hydrogens (tertiary/aromatic N) is 4. The number of piperazine rings is 1. The molecule has 0 saturated carbocycles. The SMILES string of the molecule is C[C@@H](NC(=O)N1CCN(c2cc(C#N)ccn2)CC1)c1cccs1. The Balaban J connectivity index is 1.54. The van der Waals surface area contributed by atoms with Gasteiger partial charge in [0.2, 0.25) is 0 Å². The summed E-state index contributed by atoms with van der Waals surface area (Å²) < 4.78 is 0. The molecule has 124 valence electrons. The molecule has 6 nitrogen and oxygen atoms in total. The first-order valence-electron chi connectivity index (χ1n) is 7.87. The minimum atomic E-state index is -0.0331. The Hall–Kier alpha value is -2.59. The molecule has 1 N–H and O–H groups in total. The van der Waals surface area contributed by atoms with E-state index in [4.69, 9.17) is 5.26 Å². The number of pyridine rings is 1. The number of hydrogen-bond acceptors (Lipinski definition) is 5. The molecule has 0 aromatic carbocycles. The molecule has 0 bridgehead atoms. The van der Waals surface area contributed by atoms with Gasteiger partial charge in [0.15, 0.2) is 0 Å². The van der Waals surface area contributed by atoms with Gasteiger partial charge in [-0.15, -0.1) is 11.3 Å². The number of thiophene rings is 1. The molecule has 1 atom stereocenters. The van der Waals surface area contributed by atoms with E-state index in [1.165, 1.54) is 0 Å². The van der Waals surface area contributed by atoms with Crippen LogP contribution in [-0.4, -0.2) is 42.1 Å². The highest BCUT2D eigenvalue weighted by Gasteiger charge is 2.23. The lowest BCUT2D eigenvalue weighted by Gasteiger charge is -2.35. The van der Waals surface area contributed by atoms with Crippen LogP contribution in [0.15, 0.2) is 35.8 Å². The molecule has 1 saturated heterocycles. The molecule has 2 amide bonds. The van der Waals surface area contributed by atoms with Gasteiger partial charge in [-0.2, -0.15) is 5.26 Å². The van der Waals surface area contributed by atoms with Crippen LogP contribution in [0.25, 0.3) is 0 Å². The molecule has 1 aliphatic rings. The molecule has 0 aliphatic carbocycles. The molecular weight excluding hydrogens is 322 g/mol. The normalized spacial score (nSPS) is 15.7. The first-order valence-corrected chi connectivity index (χ1v) is 8.75. The Bertz CT molecular complexity index is 732. The van der Waals surface area contributed by atoms with Crippen LogP contribution in [0.5, 0.6) is 0 Å². The van der Waals surface area contributed by atoms with Gasteiger partial charge in [-0.05, 0) is 30.5 Å². The van der Waals surface area contributed by atoms with Crippen LogP contribution < -0.4 is 10.2 Å². The number of hydrogen-bond donors (Lipinski definition) is 1. The molecule has 1 fully saturated rings. The van der Waals surface area contributed by atoms with Gasteiger partial charge in [0.25, 0.3) is 0 Å². The predicted molar refractivity (Wildman–Crippen MR) is 94.0 cm³/mol. The molecule has 2 aromatic heterocycles. The van der Waals surface area contributed by atoms with E-state index >= 15 is 0 Å².